The minimum Gasteiger partial charge on any atom is -0.480 e. The van der Waals surface area contributed by atoms with E-state index < -0.39 is 35.9 Å². The van der Waals surface area contributed by atoms with Gasteiger partial charge >= 0.3 is 5.97 Å². The molecule has 0 radical (unpaired) electrons. The van der Waals surface area contributed by atoms with Crippen LogP contribution in [0.1, 0.15) is 40.5 Å². The van der Waals surface area contributed by atoms with Gasteiger partial charge in [-0.3, -0.25) is 14.4 Å². The summed E-state index contributed by atoms with van der Waals surface area (Å²) in [7, 11) is 0. The second-order valence-corrected chi connectivity index (χ2v) is 6.18. The Labute approximate surface area is 135 Å². The van der Waals surface area contributed by atoms with Crippen LogP contribution in [0.15, 0.2) is 0 Å². The molecular formula is C15H25N3O5. The number of hydrogen-bond donors (Lipinski definition) is 3. The third-order valence-corrected chi connectivity index (χ3v) is 3.86. The Morgan fingerprint density at radius 1 is 1.13 bits per heavy atom. The van der Waals surface area contributed by atoms with E-state index in [9.17, 15) is 19.2 Å². The molecule has 0 aliphatic carbocycles. The maximum absolute atomic E-state index is 12.4. The molecule has 1 fully saturated rings. The molecule has 130 valence electrons. The van der Waals surface area contributed by atoms with E-state index in [1.54, 1.807) is 13.8 Å². The molecule has 3 atom stereocenters. The summed E-state index contributed by atoms with van der Waals surface area (Å²) in [4.78, 5) is 48.2. The van der Waals surface area contributed by atoms with Crippen LogP contribution in [0.5, 0.6) is 0 Å². The maximum Gasteiger partial charge on any atom is 0.326 e. The van der Waals surface area contributed by atoms with Gasteiger partial charge in [0.05, 0.1) is 0 Å². The highest BCUT2D eigenvalue weighted by Gasteiger charge is 2.36. The summed E-state index contributed by atoms with van der Waals surface area (Å²) in [5.41, 5.74) is 0. The third kappa shape index (κ3) is 4.94. The van der Waals surface area contributed by atoms with Crippen molar-refractivity contribution in [3.63, 3.8) is 0 Å². The second kappa shape index (κ2) is 7.94. The van der Waals surface area contributed by atoms with Crippen LogP contribution in [0.4, 0.5) is 0 Å². The standard InChI is InChI=1S/C15H25N3O5/c1-8(2)12(17-10(4)19)13(20)16-9(3)14(21)18-7-5-6-11(18)15(22)23/h8-9,11-12H,5-7H2,1-4H3,(H,16,20)(H,17,19)(H,22,23). The Morgan fingerprint density at radius 3 is 2.22 bits per heavy atom. The zero-order valence-electron chi connectivity index (χ0n) is 14.0. The lowest BCUT2D eigenvalue weighted by Crippen LogP contribution is -2.55. The number of carbonyl (C=O) groups excluding carboxylic acids is 3. The Balaban J connectivity index is 2.71. The largest absolute Gasteiger partial charge is 0.480 e. The molecule has 8 nitrogen and oxygen atoms in total. The van der Waals surface area contributed by atoms with Gasteiger partial charge in [0.15, 0.2) is 0 Å². The first kappa shape index (κ1) is 18.9. The molecule has 0 spiro atoms. The van der Waals surface area contributed by atoms with E-state index in [1.807, 2.05) is 0 Å². The quantitative estimate of drug-likeness (QED) is 0.621. The van der Waals surface area contributed by atoms with Crippen molar-refractivity contribution in [3.8, 4) is 0 Å². The number of carbonyl (C=O) groups is 4. The lowest BCUT2D eigenvalue weighted by atomic mass is 10.0. The van der Waals surface area contributed by atoms with Crippen LogP contribution in [0.2, 0.25) is 0 Å². The molecule has 0 saturated carbocycles. The van der Waals surface area contributed by atoms with Gasteiger partial charge in [-0.1, -0.05) is 13.8 Å². The smallest absolute Gasteiger partial charge is 0.326 e. The molecule has 1 saturated heterocycles. The molecule has 23 heavy (non-hydrogen) atoms. The minimum atomic E-state index is -1.03. The lowest BCUT2D eigenvalue weighted by Gasteiger charge is -2.27. The van der Waals surface area contributed by atoms with Gasteiger partial charge in [-0.05, 0) is 25.7 Å². The zero-order valence-corrected chi connectivity index (χ0v) is 14.0. The molecular weight excluding hydrogens is 302 g/mol. The molecule has 3 amide bonds. The molecule has 0 aromatic heterocycles. The number of hydrogen-bond acceptors (Lipinski definition) is 4. The monoisotopic (exact) mass is 327 g/mol. The Morgan fingerprint density at radius 2 is 1.74 bits per heavy atom. The first-order chi connectivity index (χ1) is 10.6. The predicted octanol–water partition coefficient (Wildman–Crippen LogP) is -0.273. The van der Waals surface area contributed by atoms with Crippen LogP contribution in [-0.2, 0) is 19.2 Å². The highest BCUT2D eigenvalue weighted by Crippen LogP contribution is 2.18. The van der Waals surface area contributed by atoms with Crippen LogP contribution in [0.25, 0.3) is 0 Å². The van der Waals surface area contributed by atoms with Crippen molar-refractivity contribution < 1.29 is 24.3 Å². The molecule has 0 bridgehead atoms. The molecule has 3 N–H and O–H groups in total. The number of nitrogens with one attached hydrogen (secondary N) is 2. The molecule has 1 aliphatic heterocycles. The number of nitrogens with zero attached hydrogens (tertiary/aromatic N) is 1. The summed E-state index contributed by atoms with van der Waals surface area (Å²) in [5, 5.41) is 14.2. The summed E-state index contributed by atoms with van der Waals surface area (Å²) < 4.78 is 0. The maximum atomic E-state index is 12.4. The molecule has 1 aliphatic rings. The summed E-state index contributed by atoms with van der Waals surface area (Å²) in [6.07, 6.45) is 1.05. The van der Waals surface area contributed by atoms with Crippen molar-refractivity contribution in [2.75, 3.05) is 6.54 Å². The van der Waals surface area contributed by atoms with Crippen LogP contribution >= 0.6 is 0 Å². The number of likely N-dealkylation sites (tertiary alicyclic amines) is 1. The van der Waals surface area contributed by atoms with Gasteiger partial charge in [0.2, 0.25) is 17.7 Å². The number of amides is 3. The Kier molecular flexibility index (Phi) is 6.53. The van der Waals surface area contributed by atoms with Gasteiger partial charge in [-0.2, -0.15) is 0 Å². The molecule has 3 unspecified atom stereocenters. The lowest BCUT2D eigenvalue weighted by molar-refractivity contribution is -0.149. The van der Waals surface area contributed by atoms with Gasteiger partial charge in [0.1, 0.15) is 18.1 Å². The van der Waals surface area contributed by atoms with Gasteiger partial charge in [-0.15, -0.1) is 0 Å². The number of rotatable bonds is 6. The Hall–Kier alpha value is -2.12. The normalized spacial score (nSPS) is 20.0. The molecule has 1 rings (SSSR count). The van der Waals surface area contributed by atoms with E-state index in [1.165, 1.54) is 18.7 Å². The molecule has 8 heteroatoms. The van der Waals surface area contributed by atoms with E-state index in [0.717, 1.165) is 0 Å². The van der Waals surface area contributed by atoms with Crippen molar-refractivity contribution in [3.05, 3.63) is 0 Å². The highest BCUT2D eigenvalue weighted by molar-refractivity contribution is 5.93. The fourth-order valence-electron chi connectivity index (χ4n) is 2.65. The SMILES string of the molecule is CC(=O)NC(C(=O)NC(C)C(=O)N1CCCC1C(=O)O)C(C)C. The average Bonchev–Trinajstić information content (AvgIpc) is 2.92. The fourth-order valence-corrected chi connectivity index (χ4v) is 2.65. The molecule has 0 aromatic carbocycles. The predicted molar refractivity (Wildman–Crippen MR) is 82.4 cm³/mol. The van der Waals surface area contributed by atoms with Crippen LogP contribution in [-0.4, -0.2) is 58.4 Å². The molecule has 0 aromatic rings. The van der Waals surface area contributed by atoms with Crippen LogP contribution < -0.4 is 10.6 Å². The first-order valence-corrected chi connectivity index (χ1v) is 7.76. The van der Waals surface area contributed by atoms with Gasteiger partial charge in [0, 0.05) is 13.5 Å². The summed E-state index contributed by atoms with van der Waals surface area (Å²) in [5.74, 6) is -2.38. The fraction of sp³-hybridized carbons (Fsp3) is 0.733. The van der Waals surface area contributed by atoms with Crippen molar-refractivity contribution in [2.24, 2.45) is 5.92 Å². The van der Waals surface area contributed by atoms with Crippen LogP contribution in [0, 0.1) is 5.92 Å². The highest BCUT2D eigenvalue weighted by atomic mass is 16.4. The van der Waals surface area contributed by atoms with E-state index in [-0.39, 0.29) is 11.8 Å². The van der Waals surface area contributed by atoms with Crippen LogP contribution in [0.3, 0.4) is 0 Å². The van der Waals surface area contributed by atoms with E-state index in [0.29, 0.717) is 19.4 Å². The van der Waals surface area contributed by atoms with Gasteiger partial charge in [0.25, 0.3) is 0 Å². The minimum absolute atomic E-state index is 0.139. The number of carboxylic acid groups (broad SMARTS) is 1. The first-order valence-electron chi connectivity index (χ1n) is 7.76. The van der Waals surface area contributed by atoms with Gasteiger partial charge < -0.3 is 20.6 Å². The van der Waals surface area contributed by atoms with Crippen molar-refractivity contribution in [1.82, 2.24) is 15.5 Å². The summed E-state index contributed by atoms with van der Waals surface area (Å²) in [6.45, 7) is 6.78. The van der Waals surface area contributed by atoms with E-state index >= 15 is 0 Å². The summed E-state index contributed by atoms with van der Waals surface area (Å²) in [6, 6.07) is -2.42. The second-order valence-electron chi connectivity index (χ2n) is 6.18. The zero-order chi connectivity index (χ0) is 17.7. The van der Waals surface area contributed by atoms with Crippen molar-refractivity contribution >= 4 is 23.7 Å². The summed E-state index contributed by atoms with van der Waals surface area (Å²) >= 11 is 0. The molecule has 1 heterocycles. The van der Waals surface area contributed by atoms with Crippen molar-refractivity contribution in [1.29, 1.82) is 0 Å². The number of aliphatic carboxylic acids is 1. The van der Waals surface area contributed by atoms with E-state index in [4.69, 9.17) is 5.11 Å². The third-order valence-electron chi connectivity index (χ3n) is 3.86. The van der Waals surface area contributed by atoms with Gasteiger partial charge in [-0.25, -0.2) is 4.79 Å². The Bertz CT molecular complexity index is 492. The van der Waals surface area contributed by atoms with E-state index in [2.05, 4.69) is 10.6 Å². The number of carboxylic acids is 1. The average molecular weight is 327 g/mol. The topological polar surface area (TPSA) is 116 Å². The van der Waals surface area contributed by atoms with Crippen molar-refractivity contribution in [2.45, 2.75) is 58.7 Å².